The maximum absolute atomic E-state index is 10.9. The van der Waals surface area contributed by atoms with Crippen molar-refractivity contribution < 1.29 is 9.53 Å². The second kappa shape index (κ2) is 9.37. The van der Waals surface area contributed by atoms with Crippen LogP contribution < -0.4 is 0 Å². The van der Waals surface area contributed by atoms with Gasteiger partial charge in [0.25, 0.3) is 0 Å². The van der Waals surface area contributed by atoms with Gasteiger partial charge in [-0.2, -0.15) is 0 Å². The average molecular weight is 260 g/mol. The first kappa shape index (κ1) is 15.5. The summed E-state index contributed by atoms with van der Waals surface area (Å²) < 4.78 is 4.60. The lowest BCUT2D eigenvalue weighted by Gasteiger charge is -2.06. The highest BCUT2D eigenvalue weighted by atomic mass is 16.5. The number of carbonyl (C=O) groups excluding carboxylic acids is 1. The van der Waals surface area contributed by atoms with Gasteiger partial charge in [-0.25, -0.2) is 0 Å². The van der Waals surface area contributed by atoms with E-state index in [1.165, 1.54) is 25.5 Å². The molecule has 1 aromatic carbocycles. The molecule has 1 rings (SSSR count). The molecule has 0 saturated heterocycles. The summed E-state index contributed by atoms with van der Waals surface area (Å²) >= 11 is 0. The van der Waals surface area contributed by atoms with Crippen molar-refractivity contribution in [3.63, 3.8) is 0 Å². The van der Waals surface area contributed by atoms with Gasteiger partial charge in [0.1, 0.15) is 0 Å². The van der Waals surface area contributed by atoms with Crippen LogP contribution in [0.1, 0.15) is 38.2 Å². The monoisotopic (exact) mass is 260 g/mol. The summed E-state index contributed by atoms with van der Waals surface area (Å²) in [6, 6.07) is 10.6. The first-order valence-corrected chi connectivity index (χ1v) is 6.99. The molecule has 0 aromatic heterocycles. The molecule has 1 aromatic rings. The first-order valence-electron chi connectivity index (χ1n) is 6.99. The Kier molecular flexibility index (Phi) is 7.64. The van der Waals surface area contributed by atoms with Crippen LogP contribution in [0.15, 0.2) is 42.5 Å². The second-order valence-electron chi connectivity index (χ2n) is 4.90. The number of methoxy groups -OCH3 is 1. The van der Waals surface area contributed by atoms with Crippen LogP contribution in [-0.2, 0) is 16.0 Å². The summed E-state index contributed by atoms with van der Waals surface area (Å²) in [5, 5.41) is 0. The van der Waals surface area contributed by atoms with E-state index in [9.17, 15) is 4.79 Å². The fourth-order valence-electron chi connectivity index (χ4n) is 2.00. The Labute approximate surface area is 116 Å². The molecule has 0 bridgehead atoms. The quantitative estimate of drug-likeness (QED) is 0.518. The van der Waals surface area contributed by atoms with Gasteiger partial charge in [-0.05, 0) is 37.2 Å². The zero-order valence-electron chi connectivity index (χ0n) is 12.0. The van der Waals surface area contributed by atoms with E-state index in [-0.39, 0.29) is 5.97 Å². The smallest absolute Gasteiger partial charge is 0.305 e. The van der Waals surface area contributed by atoms with Crippen molar-refractivity contribution >= 4 is 5.97 Å². The van der Waals surface area contributed by atoms with Gasteiger partial charge in [-0.15, -0.1) is 0 Å². The standard InChI is InChI=1S/C17H24O2/c1-15(9-6-7-14-17(18)19-2)10-8-13-16-11-4-3-5-12-16/h3-6,9,11-12,15H,7-8,10,13-14H2,1-2H3/b9-6+. The lowest BCUT2D eigenvalue weighted by atomic mass is 10.0. The SMILES string of the molecule is COC(=O)CC/C=C/C(C)CCCc1ccccc1. The molecule has 104 valence electrons. The molecule has 2 heteroatoms. The van der Waals surface area contributed by atoms with Gasteiger partial charge < -0.3 is 4.74 Å². The summed E-state index contributed by atoms with van der Waals surface area (Å²) in [6.07, 6.45) is 9.06. The number of esters is 1. The van der Waals surface area contributed by atoms with E-state index in [0.717, 1.165) is 12.8 Å². The number of carbonyl (C=O) groups is 1. The van der Waals surface area contributed by atoms with Crippen molar-refractivity contribution in [1.29, 1.82) is 0 Å². The third kappa shape index (κ3) is 7.45. The fraction of sp³-hybridized carbons (Fsp3) is 0.471. The van der Waals surface area contributed by atoms with E-state index >= 15 is 0 Å². The number of benzene rings is 1. The molecular weight excluding hydrogens is 236 g/mol. The van der Waals surface area contributed by atoms with Crippen LogP contribution in [0.4, 0.5) is 0 Å². The summed E-state index contributed by atoms with van der Waals surface area (Å²) in [4.78, 5) is 10.9. The minimum Gasteiger partial charge on any atom is -0.469 e. The average Bonchev–Trinajstić information content (AvgIpc) is 2.44. The molecule has 0 saturated carbocycles. The Morgan fingerprint density at radius 3 is 2.74 bits per heavy atom. The molecule has 0 radical (unpaired) electrons. The van der Waals surface area contributed by atoms with Crippen LogP contribution in [0.25, 0.3) is 0 Å². The minimum atomic E-state index is -0.138. The molecule has 2 nitrogen and oxygen atoms in total. The fourth-order valence-corrected chi connectivity index (χ4v) is 2.00. The van der Waals surface area contributed by atoms with E-state index in [0.29, 0.717) is 12.3 Å². The van der Waals surface area contributed by atoms with Gasteiger partial charge in [0.2, 0.25) is 0 Å². The lowest BCUT2D eigenvalue weighted by molar-refractivity contribution is -0.140. The van der Waals surface area contributed by atoms with E-state index in [2.05, 4.69) is 54.1 Å². The van der Waals surface area contributed by atoms with Gasteiger partial charge in [0.05, 0.1) is 7.11 Å². The van der Waals surface area contributed by atoms with Crippen molar-refractivity contribution in [1.82, 2.24) is 0 Å². The Morgan fingerprint density at radius 2 is 2.05 bits per heavy atom. The number of hydrogen-bond acceptors (Lipinski definition) is 2. The predicted molar refractivity (Wildman–Crippen MR) is 78.9 cm³/mol. The molecule has 0 N–H and O–H groups in total. The number of ether oxygens (including phenoxy) is 1. The van der Waals surface area contributed by atoms with Crippen LogP contribution in [0.2, 0.25) is 0 Å². The van der Waals surface area contributed by atoms with Crippen molar-refractivity contribution in [3.8, 4) is 0 Å². The van der Waals surface area contributed by atoms with Crippen LogP contribution in [0, 0.1) is 5.92 Å². The summed E-state index contributed by atoms with van der Waals surface area (Å²) in [5.74, 6) is 0.433. The van der Waals surface area contributed by atoms with Gasteiger partial charge in [-0.3, -0.25) is 4.79 Å². The number of rotatable bonds is 8. The zero-order valence-corrected chi connectivity index (χ0v) is 12.0. The highest BCUT2D eigenvalue weighted by Gasteiger charge is 1.99. The minimum absolute atomic E-state index is 0.138. The van der Waals surface area contributed by atoms with E-state index in [1.54, 1.807) is 0 Å². The summed E-state index contributed by atoms with van der Waals surface area (Å²) in [5.41, 5.74) is 1.41. The Morgan fingerprint density at radius 1 is 1.32 bits per heavy atom. The van der Waals surface area contributed by atoms with Gasteiger partial charge in [-0.1, -0.05) is 49.4 Å². The maximum Gasteiger partial charge on any atom is 0.305 e. The molecule has 0 aliphatic carbocycles. The lowest BCUT2D eigenvalue weighted by Crippen LogP contribution is -1.98. The molecule has 0 aliphatic heterocycles. The van der Waals surface area contributed by atoms with Gasteiger partial charge in [0, 0.05) is 6.42 Å². The third-order valence-electron chi connectivity index (χ3n) is 3.18. The second-order valence-corrected chi connectivity index (χ2v) is 4.90. The summed E-state index contributed by atoms with van der Waals surface area (Å²) in [7, 11) is 1.43. The van der Waals surface area contributed by atoms with E-state index in [4.69, 9.17) is 0 Å². The van der Waals surface area contributed by atoms with Gasteiger partial charge in [0.15, 0.2) is 0 Å². The molecule has 0 fully saturated rings. The molecule has 1 atom stereocenters. The molecule has 19 heavy (non-hydrogen) atoms. The Balaban J connectivity index is 2.12. The largest absolute Gasteiger partial charge is 0.469 e. The first-order chi connectivity index (χ1) is 9.22. The van der Waals surface area contributed by atoms with Crippen molar-refractivity contribution in [2.24, 2.45) is 5.92 Å². The number of allylic oxidation sites excluding steroid dienone is 2. The molecular formula is C17H24O2. The normalized spacial score (nSPS) is 12.5. The molecule has 0 aliphatic rings. The van der Waals surface area contributed by atoms with Crippen molar-refractivity contribution in [3.05, 3.63) is 48.0 Å². The van der Waals surface area contributed by atoms with Crippen molar-refractivity contribution in [2.75, 3.05) is 7.11 Å². The molecule has 0 heterocycles. The van der Waals surface area contributed by atoms with E-state index in [1.807, 2.05) is 0 Å². The van der Waals surface area contributed by atoms with Crippen LogP contribution in [-0.4, -0.2) is 13.1 Å². The zero-order chi connectivity index (χ0) is 13.9. The Hall–Kier alpha value is -1.57. The highest BCUT2D eigenvalue weighted by molar-refractivity contribution is 5.69. The van der Waals surface area contributed by atoms with E-state index < -0.39 is 0 Å². The maximum atomic E-state index is 10.9. The molecule has 0 spiro atoms. The van der Waals surface area contributed by atoms with Gasteiger partial charge >= 0.3 is 5.97 Å². The summed E-state index contributed by atoms with van der Waals surface area (Å²) in [6.45, 7) is 2.22. The van der Waals surface area contributed by atoms with Crippen molar-refractivity contribution in [2.45, 2.75) is 39.0 Å². The molecule has 0 amide bonds. The van der Waals surface area contributed by atoms with Crippen LogP contribution in [0.3, 0.4) is 0 Å². The number of hydrogen-bond donors (Lipinski definition) is 0. The van der Waals surface area contributed by atoms with Crippen LogP contribution >= 0.6 is 0 Å². The Bertz CT molecular complexity index is 382. The number of aryl methyl sites for hydroxylation is 1. The molecule has 1 unspecified atom stereocenters. The van der Waals surface area contributed by atoms with Crippen LogP contribution in [0.5, 0.6) is 0 Å². The topological polar surface area (TPSA) is 26.3 Å². The predicted octanol–water partition coefficient (Wildman–Crippen LogP) is 4.15. The highest BCUT2D eigenvalue weighted by Crippen LogP contribution is 2.12. The third-order valence-corrected chi connectivity index (χ3v) is 3.18.